The van der Waals surface area contributed by atoms with Gasteiger partial charge in [0.15, 0.2) is 0 Å². The van der Waals surface area contributed by atoms with Crippen molar-refractivity contribution in [3.8, 4) is 0 Å². The predicted octanol–water partition coefficient (Wildman–Crippen LogP) is 4.67. The van der Waals surface area contributed by atoms with Crippen LogP contribution in [0.25, 0.3) is 0 Å². The second-order valence-electron chi connectivity index (χ2n) is 3.49. The zero-order chi connectivity index (χ0) is 12.7. The van der Waals surface area contributed by atoms with Crippen LogP contribution < -0.4 is 0 Å². The Kier molecular flexibility index (Phi) is 13.6. The molecular formula is C18H17Pt-3. The van der Waals surface area contributed by atoms with Gasteiger partial charge in [-0.05, 0) is 0 Å². The Labute approximate surface area is 131 Å². The minimum Gasteiger partial charge on any atom is -0.275 e. The molecule has 3 rings (SSSR count). The van der Waals surface area contributed by atoms with Crippen LogP contribution in [0.5, 0.6) is 0 Å². The molecule has 0 fully saturated rings. The van der Waals surface area contributed by atoms with E-state index in [2.05, 4.69) is 24.3 Å². The first-order valence-corrected chi connectivity index (χ1v) is 6.04. The first-order chi connectivity index (χ1) is 9.00. The number of allylic oxidation sites excluding steroid dienone is 4. The van der Waals surface area contributed by atoms with Gasteiger partial charge in [-0.25, -0.2) is 12.2 Å². The van der Waals surface area contributed by atoms with Gasteiger partial charge in [-0.1, -0.05) is 6.42 Å². The van der Waals surface area contributed by atoms with Crippen LogP contribution in [0.3, 0.4) is 0 Å². The average molecular weight is 428 g/mol. The van der Waals surface area contributed by atoms with Gasteiger partial charge in [0.25, 0.3) is 0 Å². The molecule has 0 saturated carbocycles. The Morgan fingerprint density at radius 1 is 0.684 bits per heavy atom. The van der Waals surface area contributed by atoms with E-state index in [0.29, 0.717) is 0 Å². The van der Waals surface area contributed by atoms with Crippen molar-refractivity contribution in [3.63, 3.8) is 0 Å². The Bertz CT molecular complexity index is 321. The number of benzene rings is 2. The molecule has 0 saturated heterocycles. The molecule has 0 spiro atoms. The molecule has 0 heterocycles. The Morgan fingerprint density at radius 2 is 1.21 bits per heavy atom. The largest absolute Gasteiger partial charge is 0.275 e. The molecule has 0 atom stereocenters. The van der Waals surface area contributed by atoms with Gasteiger partial charge in [-0.15, -0.1) is 6.42 Å². The summed E-state index contributed by atoms with van der Waals surface area (Å²) in [6.45, 7) is 0. The molecular weight excluding hydrogens is 411 g/mol. The second-order valence-corrected chi connectivity index (χ2v) is 3.49. The molecule has 19 heavy (non-hydrogen) atoms. The van der Waals surface area contributed by atoms with Crippen molar-refractivity contribution in [1.29, 1.82) is 0 Å². The fraction of sp³-hybridized carbons (Fsp3) is 0.111. The molecule has 0 unspecified atom stereocenters. The molecule has 1 heteroatoms. The summed E-state index contributed by atoms with van der Waals surface area (Å²) in [5, 5.41) is 0. The summed E-state index contributed by atoms with van der Waals surface area (Å²) in [7, 11) is 0. The summed E-state index contributed by atoms with van der Waals surface area (Å²) in [6.07, 6.45) is 11.5. The maximum absolute atomic E-state index is 3.07. The number of rotatable bonds is 0. The normalized spacial score (nSPS) is 10.9. The SMILES string of the molecule is [C-]1=CC=CCC1.[Pt].[c-]1ccccc1.[c-]1ccccc1. The van der Waals surface area contributed by atoms with Crippen molar-refractivity contribution >= 4 is 0 Å². The van der Waals surface area contributed by atoms with Crippen molar-refractivity contribution in [2.75, 3.05) is 0 Å². The molecule has 2 aromatic carbocycles. The molecule has 2 aromatic rings. The van der Waals surface area contributed by atoms with Gasteiger partial charge in [0, 0.05) is 21.1 Å². The van der Waals surface area contributed by atoms with Crippen LogP contribution in [-0.4, -0.2) is 0 Å². The summed E-state index contributed by atoms with van der Waals surface area (Å²) in [6, 6.07) is 25.0. The van der Waals surface area contributed by atoms with Crippen LogP contribution in [0.15, 0.2) is 78.9 Å². The van der Waals surface area contributed by atoms with E-state index in [-0.39, 0.29) is 21.1 Å². The van der Waals surface area contributed by atoms with Crippen molar-refractivity contribution in [3.05, 3.63) is 97.1 Å². The molecule has 0 bridgehead atoms. The summed E-state index contributed by atoms with van der Waals surface area (Å²) >= 11 is 0. The van der Waals surface area contributed by atoms with Gasteiger partial charge in [-0.3, -0.25) is 6.08 Å². The average Bonchev–Trinajstić information content (AvgIpc) is 2.54. The molecule has 0 amide bonds. The van der Waals surface area contributed by atoms with Crippen LogP contribution in [0.4, 0.5) is 0 Å². The summed E-state index contributed by atoms with van der Waals surface area (Å²) in [5.74, 6) is 0. The van der Waals surface area contributed by atoms with E-state index < -0.39 is 0 Å². The minimum atomic E-state index is 0. The zero-order valence-corrected chi connectivity index (χ0v) is 13.0. The molecule has 0 N–H and O–H groups in total. The molecule has 102 valence electrons. The maximum Gasteiger partial charge on any atom is 0 e. The molecule has 0 aliphatic heterocycles. The van der Waals surface area contributed by atoms with Crippen LogP contribution in [-0.2, 0) is 21.1 Å². The van der Waals surface area contributed by atoms with Gasteiger partial charge in [0.05, 0.1) is 0 Å². The molecule has 1 aliphatic carbocycles. The molecule has 0 nitrogen and oxygen atoms in total. The number of hydrogen-bond donors (Lipinski definition) is 0. The van der Waals surface area contributed by atoms with Gasteiger partial charge in [0.1, 0.15) is 0 Å². The van der Waals surface area contributed by atoms with Crippen molar-refractivity contribution in [1.82, 2.24) is 0 Å². The van der Waals surface area contributed by atoms with E-state index in [1.165, 1.54) is 6.42 Å². The topological polar surface area (TPSA) is 0 Å². The quantitative estimate of drug-likeness (QED) is 0.536. The zero-order valence-electron chi connectivity index (χ0n) is 10.7. The molecule has 0 radical (unpaired) electrons. The third-order valence-electron chi connectivity index (χ3n) is 2.02. The Hall–Kier alpha value is -1.39. The van der Waals surface area contributed by atoms with Crippen LogP contribution in [0.1, 0.15) is 12.8 Å². The van der Waals surface area contributed by atoms with Crippen molar-refractivity contribution in [2.24, 2.45) is 0 Å². The standard InChI is InChI=1S/C6H7.2C6H5.Pt/c3*1-2-4-6-5-3-1;/h1-3H,4,6H2;2*1-5H;/q3*-1;. The second kappa shape index (κ2) is 14.7. The smallest absolute Gasteiger partial charge is 0 e. The molecule has 0 aromatic heterocycles. The van der Waals surface area contributed by atoms with E-state index in [1.54, 1.807) is 0 Å². The van der Waals surface area contributed by atoms with Gasteiger partial charge >= 0.3 is 0 Å². The van der Waals surface area contributed by atoms with E-state index in [0.717, 1.165) is 6.42 Å². The van der Waals surface area contributed by atoms with E-state index in [4.69, 9.17) is 0 Å². The van der Waals surface area contributed by atoms with E-state index in [9.17, 15) is 0 Å². The summed E-state index contributed by atoms with van der Waals surface area (Å²) < 4.78 is 0. The molecule has 1 aliphatic rings. The predicted molar refractivity (Wildman–Crippen MR) is 76.7 cm³/mol. The van der Waals surface area contributed by atoms with Crippen LogP contribution >= 0.6 is 0 Å². The fourth-order valence-corrected chi connectivity index (χ4v) is 1.17. The van der Waals surface area contributed by atoms with Crippen molar-refractivity contribution in [2.45, 2.75) is 12.8 Å². The fourth-order valence-electron chi connectivity index (χ4n) is 1.17. The summed E-state index contributed by atoms with van der Waals surface area (Å²) in [5.41, 5.74) is 0. The first kappa shape index (κ1) is 17.6. The third kappa shape index (κ3) is 12.8. The third-order valence-corrected chi connectivity index (χ3v) is 2.02. The van der Waals surface area contributed by atoms with E-state index >= 15 is 0 Å². The van der Waals surface area contributed by atoms with Crippen molar-refractivity contribution < 1.29 is 21.1 Å². The first-order valence-electron chi connectivity index (χ1n) is 6.04. The van der Waals surface area contributed by atoms with Gasteiger partial charge in [0.2, 0.25) is 0 Å². The minimum absolute atomic E-state index is 0. The Balaban J connectivity index is 0.000000249. The monoisotopic (exact) mass is 428 g/mol. The van der Waals surface area contributed by atoms with Gasteiger partial charge < -0.3 is 0 Å². The Morgan fingerprint density at radius 3 is 1.32 bits per heavy atom. The number of hydrogen-bond acceptors (Lipinski definition) is 0. The van der Waals surface area contributed by atoms with Gasteiger partial charge in [-0.2, -0.15) is 78.9 Å². The van der Waals surface area contributed by atoms with Crippen LogP contribution in [0.2, 0.25) is 0 Å². The maximum atomic E-state index is 3.07. The van der Waals surface area contributed by atoms with Crippen LogP contribution in [0, 0.1) is 18.2 Å². The summed E-state index contributed by atoms with van der Waals surface area (Å²) in [4.78, 5) is 0. The van der Waals surface area contributed by atoms with E-state index in [1.807, 2.05) is 72.8 Å².